The smallest absolute Gasteiger partial charge is 0.355 e. The fourth-order valence-corrected chi connectivity index (χ4v) is 10.8. The molecule has 0 saturated heterocycles. The first kappa shape index (κ1) is 56.5. The number of H-pyrrole nitrogens is 1. The number of pyridine rings is 2. The number of aromatic amines is 1. The van der Waals surface area contributed by atoms with Crippen molar-refractivity contribution >= 4 is 79.5 Å². The maximum atomic E-state index is 14.5. The third-order valence-electron chi connectivity index (χ3n) is 13.9. The van der Waals surface area contributed by atoms with E-state index < -0.39 is 63.0 Å². The Morgan fingerprint density at radius 2 is 1.67 bits per heavy atom. The molecule has 7 aromatic rings. The van der Waals surface area contributed by atoms with Crippen LogP contribution >= 0.6 is 12.2 Å². The lowest BCUT2D eigenvalue weighted by Crippen LogP contribution is -2.56. The van der Waals surface area contributed by atoms with E-state index in [9.17, 15) is 42.3 Å². The minimum atomic E-state index is -4.36. The standard InChI is InChI=1S/C58H58N10O11S2/c1-5-21-60-56(75)63-40-13-9-12-36(24-40)35-19-17-34(18-20-35)22-38(53(71)72)28-62-81(76,77)43-15-10-14-41(25-43)64-57(80)66-47(26-42-29-59-32-61-42)51(69)67-49(33(3)4)54(73)79-58(6-2)45-27-48-50-39(23-37-11-7-8-16-46(37)65-50)30-68(48)52(70)44(45)31-78-55(58)74/h7-20,23-25,27-29,32-33,47,49,62H,5-6,21-22,26,30-31H2,1-4H3,(H,59,61)(H,67,69)(H,71,72)(H2,60,63,75)(H2,64,66,80)/b38-28+/t47-,49-,58-/m0/s1. The van der Waals surface area contributed by atoms with Gasteiger partial charge >= 0.3 is 23.9 Å². The van der Waals surface area contributed by atoms with Crippen molar-refractivity contribution in [2.24, 2.45) is 5.92 Å². The van der Waals surface area contributed by atoms with Gasteiger partial charge in [-0.05, 0) is 96.2 Å². The average Bonchev–Trinajstić information content (AvgIpc) is 4.24. The van der Waals surface area contributed by atoms with Crippen LogP contribution in [0.3, 0.4) is 0 Å². The van der Waals surface area contributed by atoms with E-state index in [4.69, 9.17) is 26.7 Å². The van der Waals surface area contributed by atoms with E-state index >= 15 is 0 Å². The molecule has 5 heterocycles. The minimum absolute atomic E-state index is 0.0290. The number of cyclic esters (lactones) is 1. The predicted molar refractivity (Wildman–Crippen MR) is 306 cm³/mol. The lowest BCUT2D eigenvalue weighted by Gasteiger charge is -2.37. The topological polar surface area (TPSA) is 294 Å². The van der Waals surface area contributed by atoms with E-state index in [0.717, 1.165) is 34.7 Å². The number of carbonyl (C=O) groups is 5. The Hall–Kier alpha value is -9.22. The van der Waals surface area contributed by atoms with Gasteiger partial charge < -0.3 is 50.7 Å². The number of urea groups is 1. The second kappa shape index (κ2) is 24.0. The largest absolute Gasteiger partial charge is 0.478 e. The first-order valence-corrected chi connectivity index (χ1v) is 28.0. The number of thiocarbonyl (C=S) groups is 1. The second-order valence-corrected chi connectivity index (χ2v) is 21.9. The van der Waals surface area contributed by atoms with Crippen LogP contribution in [0.1, 0.15) is 68.5 Å². The molecule has 3 atom stereocenters. The van der Waals surface area contributed by atoms with Gasteiger partial charge in [0.1, 0.15) is 18.7 Å². The summed E-state index contributed by atoms with van der Waals surface area (Å²) in [6.07, 6.45) is 4.38. The van der Waals surface area contributed by atoms with Gasteiger partial charge in [0.2, 0.25) is 11.5 Å². The van der Waals surface area contributed by atoms with Gasteiger partial charge in [0.25, 0.3) is 15.6 Å². The molecule has 3 amide bonds. The summed E-state index contributed by atoms with van der Waals surface area (Å²) in [6, 6.07) is 28.2. The molecule has 23 heteroatoms. The Morgan fingerprint density at radius 1 is 0.914 bits per heavy atom. The zero-order valence-corrected chi connectivity index (χ0v) is 46.1. The highest BCUT2D eigenvalue weighted by Crippen LogP contribution is 2.41. The molecule has 3 aromatic heterocycles. The van der Waals surface area contributed by atoms with Gasteiger partial charge in [0, 0.05) is 65.4 Å². The van der Waals surface area contributed by atoms with Crippen molar-refractivity contribution in [2.45, 2.75) is 89.1 Å². The molecule has 2 aliphatic rings. The molecule has 21 nitrogen and oxygen atoms in total. The number of aromatic nitrogens is 4. The van der Waals surface area contributed by atoms with Crippen LogP contribution in [0.4, 0.5) is 16.2 Å². The first-order chi connectivity index (χ1) is 38.9. The average molecular weight is 1140 g/mol. The van der Waals surface area contributed by atoms with E-state index in [1.54, 1.807) is 67.8 Å². The van der Waals surface area contributed by atoms with Gasteiger partial charge in [-0.25, -0.2) is 37.6 Å². The minimum Gasteiger partial charge on any atom is -0.478 e. The summed E-state index contributed by atoms with van der Waals surface area (Å²) in [5, 5.41) is 25.1. The summed E-state index contributed by atoms with van der Waals surface area (Å²) in [5.41, 5.74) is 3.67. The van der Waals surface area contributed by atoms with Crippen molar-refractivity contribution in [3.8, 4) is 22.5 Å². The molecular weight excluding hydrogens is 1080 g/mol. The molecule has 0 bridgehead atoms. The number of benzene rings is 4. The van der Waals surface area contributed by atoms with Gasteiger partial charge in [-0.15, -0.1) is 0 Å². The monoisotopic (exact) mass is 1130 g/mol. The molecule has 0 radical (unpaired) electrons. The second-order valence-electron chi connectivity index (χ2n) is 19.8. The number of aliphatic carboxylic acids is 1. The van der Waals surface area contributed by atoms with Crippen LogP contribution < -0.4 is 36.9 Å². The third-order valence-corrected chi connectivity index (χ3v) is 15.4. The van der Waals surface area contributed by atoms with Crippen LogP contribution in [0, 0.1) is 5.92 Å². The molecule has 0 fully saturated rings. The number of carboxylic acid groups (broad SMARTS) is 1. The van der Waals surface area contributed by atoms with Crippen molar-refractivity contribution < 1.29 is 47.0 Å². The number of carboxylic acids is 1. The van der Waals surface area contributed by atoms with Crippen LogP contribution in [-0.2, 0) is 70.3 Å². The number of ether oxygens (including phenoxy) is 2. The SMILES string of the molecule is CCCNC(=O)Nc1cccc(-c2ccc(C/C(=C\NS(=O)(=O)c3cccc(NC(=S)N[C@@H](Cc4cnc[nH]4)C(=O)N[C@H](C(=O)O[C@]4(CC)C(=O)OCc5c4cc4n(c5=O)Cc5cc6ccccc6nc5-4)C(C)C)c3)C(=O)O)cc2)c1. The highest BCUT2D eigenvalue weighted by molar-refractivity contribution is 7.89. The molecule has 8 N–H and O–H groups in total. The van der Waals surface area contributed by atoms with Crippen LogP contribution in [-0.4, -0.2) is 86.6 Å². The van der Waals surface area contributed by atoms with Crippen LogP contribution in [0.25, 0.3) is 33.4 Å². The first-order valence-electron chi connectivity index (χ1n) is 26.1. The normalized spacial score (nSPS) is 15.3. The molecule has 0 unspecified atom stereocenters. The molecule has 418 valence electrons. The number of anilines is 2. The number of esters is 2. The van der Waals surface area contributed by atoms with Crippen molar-refractivity contribution in [3.05, 3.63) is 172 Å². The number of hydrogen-bond acceptors (Lipinski definition) is 13. The van der Waals surface area contributed by atoms with Gasteiger partial charge in [0.15, 0.2) is 5.11 Å². The lowest BCUT2D eigenvalue weighted by molar-refractivity contribution is -0.191. The van der Waals surface area contributed by atoms with Crippen molar-refractivity contribution in [1.82, 2.24) is 40.2 Å². The van der Waals surface area contributed by atoms with E-state index in [1.165, 1.54) is 36.8 Å². The van der Waals surface area contributed by atoms with Crippen molar-refractivity contribution in [1.29, 1.82) is 0 Å². The van der Waals surface area contributed by atoms with Gasteiger partial charge in [0.05, 0.1) is 45.8 Å². The van der Waals surface area contributed by atoms with Crippen LogP contribution in [0.2, 0.25) is 0 Å². The number of rotatable bonds is 20. The number of imidazole rings is 1. The highest BCUT2D eigenvalue weighted by Gasteiger charge is 2.51. The highest BCUT2D eigenvalue weighted by atomic mass is 32.2. The summed E-state index contributed by atoms with van der Waals surface area (Å²) in [7, 11) is -4.36. The maximum absolute atomic E-state index is 14.5. The summed E-state index contributed by atoms with van der Waals surface area (Å²) >= 11 is 5.65. The van der Waals surface area contributed by atoms with Gasteiger partial charge in [-0.3, -0.25) is 14.3 Å². The number of nitrogens with zero attached hydrogens (tertiary/aromatic N) is 3. The fourth-order valence-electron chi connectivity index (χ4n) is 9.59. The maximum Gasteiger partial charge on any atom is 0.355 e. The van der Waals surface area contributed by atoms with Crippen molar-refractivity contribution in [2.75, 3.05) is 17.2 Å². The number of carbonyl (C=O) groups excluding carboxylic acids is 4. The molecule has 2 aliphatic heterocycles. The van der Waals surface area contributed by atoms with Crippen LogP contribution in [0.15, 0.2) is 143 Å². The lowest BCUT2D eigenvalue weighted by atomic mass is 9.85. The summed E-state index contributed by atoms with van der Waals surface area (Å²) in [4.78, 5) is 93.2. The Balaban J connectivity index is 0.869. The molecule has 0 aliphatic carbocycles. The molecule has 0 spiro atoms. The third kappa shape index (κ3) is 12.5. The van der Waals surface area contributed by atoms with E-state index in [1.807, 2.05) is 49.4 Å². The number of fused-ring (bicyclic) bond motifs is 5. The molecule has 4 aromatic carbocycles. The Kier molecular flexibility index (Phi) is 16.8. The zero-order valence-electron chi connectivity index (χ0n) is 44.5. The summed E-state index contributed by atoms with van der Waals surface area (Å²) < 4.78 is 42.9. The molecule has 0 saturated carbocycles. The van der Waals surface area contributed by atoms with Crippen molar-refractivity contribution in [3.63, 3.8) is 0 Å². The molecule has 9 rings (SSSR count). The van der Waals surface area contributed by atoms with Crippen LogP contribution in [0.5, 0.6) is 0 Å². The van der Waals surface area contributed by atoms with E-state index in [0.29, 0.717) is 40.4 Å². The van der Waals surface area contributed by atoms with Gasteiger partial charge in [-0.1, -0.05) is 88.4 Å². The number of amides is 3. The number of sulfonamides is 1. The van der Waals surface area contributed by atoms with E-state index in [2.05, 4.69) is 41.3 Å². The zero-order chi connectivity index (χ0) is 57.6. The molecular formula is C58H58N10O11S2. The predicted octanol–water partition coefficient (Wildman–Crippen LogP) is 6.78. The Morgan fingerprint density at radius 3 is 2.38 bits per heavy atom. The quantitative estimate of drug-likeness (QED) is 0.0222. The Labute approximate surface area is 471 Å². The van der Waals surface area contributed by atoms with Gasteiger partial charge in [-0.2, -0.15) is 0 Å². The number of para-hydroxylation sites is 1. The van der Waals surface area contributed by atoms with E-state index in [-0.39, 0.29) is 70.8 Å². The Bertz CT molecular complexity index is 3810. The molecule has 81 heavy (non-hydrogen) atoms. The summed E-state index contributed by atoms with van der Waals surface area (Å²) in [5.74, 6) is -4.50. The number of hydrogen-bond donors (Lipinski definition) is 8. The number of nitrogens with one attached hydrogen (secondary N) is 7. The fraction of sp³-hybridized carbons (Fsp3) is 0.259. The summed E-state index contributed by atoms with van der Waals surface area (Å²) in [6.45, 7) is 7.40.